The molecule has 0 radical (unpaired) electrons. The van der Waals surface area contributed by atoms with Gasteiger partial charge in [0.05, 0.1) is 0 Å². The Kier molecular flexibility index (Phi) is 3.26. The Morgan fingerprint density at radius 3 is 2.55 bits per heavy atom. The molecule has 0 spiro atoms. The Morgan fingerprint density at radius 2 is 1.75 bits per heavy atom. The standard InChI is InChI=1S/C15H15F2N3/c1-18-14-12(16)8-13(17)15(20-14)19-11-6-5-9-3-2-4-10(9)7-11/h5-8H,2-4H2,1H3,(H2,18,19,20). The van der Waals surface area contributed by atoms with Crippen molar-refractivity contribution in [2.45, 2.75) is 19.3 Å². The quantitative estimate of drug-likeness (QED) is 0.898. The zero-order valence-electron chi connectivity index (χ0n) is 11.1. The molecule has 0 saturated heterocycles. The predicted octanol–water partition coefficient (Wildman–Crippen LogP) is 3.63. The molecule has 0 saturated carbocycles. The van der Waals surface area contributed by atoms with E-state index in [0.717, 1.165) is 31.0 Å². The highest BCUT2D eigenvalue weighted by Crippen LogP contribution is 2.27. The average molecular weight is 275 g/mol. The van der Waals surface area contributed by atoms with Gasteiger partial charge in [0.15, 0.2) is 23.3 Å². The van der Waals surface area contributed by atoms with Crippen molar-refractivity contribution < 1.29 is 8.78 Å². The minimum atomic E-state index is -0.706. The van der Waals surface area contributed by atoms with Crippen molar-refractivity contribution in [1.82, 2.24) is 4.98 Å². The molecule has 1 aliphatic carbocycles. The summed E-state index contributed by atoms with van der Waals surface area (Å²) in [5, 5.41) is 5.51. The van der Waals surface area contributed by atoms with E-state index < -0.39 is 11.6 Å². The van der Waals surface area contributed by atoms with E-state index in [1.807, 2.05) is 18.2 Å². The summed E-state index contributed by atoms with van der Waals surface area (Å²) < 4.78 is 27.1. The lowest BCUT2D eigenvalue weighted by molar-refractivity contribution is 0.580. The van der Waals surface area contributed by atoms with Crippen molar-refractivity contribution in [3.05, 3.63) is 47.0 Å². The lowest BCUT2D eigenvalue weighted by Gasteiger charge is -2.10. The third kappa shape index (κ3) is 2.31. The molecule has 104 valence electrons. The van der Waals surface area contributed by atoms with E-state index in [1.165, 1.54) is 11.1 Å². The number of aromatic nitrogens is 1. The monoisotopic (exact) mass is 275 g/mol. The summed E-state index contributed by atoms with van der Waals surface area (Å²) in [6.45, 7) is 0. The van der Waals surface area contributed by atoms with Crippen molar-refractivity contribution in [3.63, 3.8) is 0 Å². The number of hydrogen-bond donors (Lipinski definition) is 2. The van der Waals surface area contributed by atoms with Gasteiger partial charge in [0.2, 0.25) is 0 Å². The smallest absolute Gasteiger partial charge is 0.169 e. The molecule has 20 heavy (non-hydrogen) atoms. The number of pyridine rings is 1. The van der Waals surface area contributed by atoms with Crippen LogP contribution in [0.3, 0.4) is 0 Å². The lowest BCUT2D eigenvalue weighted by Crippen LogP contribution is -2.03. The van der Waals surface area contributed by atoms with Crippen LogP contribution in [0.15, 0.2) is 24.3 Å². The van der Waals surface area contributed by atoms with Crippen LogP contribution in [0.1, 0.15) is 17.5 Å². The molecule has 0 unspecified atom stereocenters. The van der Waals surface area contributed by atoms with E-state index in [9.17, 15) is 8.78 Å². The molecule has 0 amide bonds. The van der Waals surface area contributed by atoms with Crippen LogP contribution in [0.25, 0.3) is 0 Å². The topological polar surface area (TPSA) is 37.0 Å². The molecule has 0 atom stereocenters. The highest BCUT2D eigenvalue weighted by molar-refractivity contribution is 5.61. The number of nitrogens with one attached hydrogen (secondary N) is 2. The minimum absolute atomic E-state index is 0.0219. The second-order valence-electron chi connectivity index (χ2n) is 4.86. The molecule has 1 heterocycles. The van der Waals surface area contributed by atoms with Gasteiger partial charge < -0.3 is 10.6 Å². The first-order valence-corrected chi connectivity index (χ1v) is 6.60. The number of aryl methyl sites for hydroxylation is 2. The average Bonchev–Trinajstić information content (AvgIpc) is 2.89. The van der Waals surface area contributed by atoms with Crippen LogP contribution in [-0.2, 0) is 12.8 Å². The summed E-state index contributed by atoms with van der Waals surface area (Å²) in [4.78, 5) is 3.91. The third-order valence-electron chi connectivity index (χ3n) is 3.53. The zero-order valence-corrected chi connectivity index (χ0v) is 11.1. The molecule has 2 aromatic rings. The maximum Gasteiger partial charge on any atom is 0.169 e. The Labute approximate surface area is 116 Å². The number of hydrogen-bond acceptors (Lipinski definition) is 3. The first-order chi connectivity index (χ1) is 9.67. The molecule has 3 rings (SSSR count). The summed E-state index contributed by atoms with van der Waals surface area (Å²) in [5.41, 5.74) is 3.40. The number of nitrogens with zero attached hydrogens (tertiary/aromatic N) is 1. The van der Waals surface area contributed by atoms with E-state index in [1.54, 1.807) is 7.05 Å². The molecule has 3 nitrogen and oxygen atoms in total. The van der Waals surface area contributed by atoms with Gasteiger partial charge in [-0.05, 0) is 42.5 Å². The fraction of sp³-hybridized carbons (Fsp3) is 0.267. The van der Waals surface area contributed by atoms with Crippen LogP contribution < -0.4 is 10.6 Å². The van der Waals surface area contributed by atoms with Gasteiger partial charge in [-0.2, -0.15) is 0 Å². The maximum absolute atomic E-state index is 13.7. The van der Waals surface area contributed by atoms with Gasteiger partial charge in [-0.25, -0.2) is 13.8 Å². The van der Waals surface area contributed by atoms with Crippen molar-refractivity contribution in [1.29, 1.82) is 0 Å². The largest absolute Gasteiger partial charge is 0.371 e. The second kappa shape index (κ2) is 5.07. The Morgan fingerprint density at radius 1 is 1.00 bits per heavy atom. The molecule has 1 aliphatic rings. The van der Waals surface area contributed by atoms with E-state index >= 15 is 0 Å². The van der Waals surface area contributed by atoms with Gasteiger partial charge in [-0.1, -0.05) is 6.07 Å². The summed E-state index contributed by atoms with van der Waals surface area (Å²) in [6, 6.07) is 6.78. The number of anilines is 3. The summed E-state index contributed by atoms with van der Waals surface area (Å²) in [5.74, 6) is -1.37. The molecule has 0 aliphatic heterocycles. The SMILES string of the molecule is CNc1nc(Nc2ccc3c(c2)CCC3)c(F)cc1F. The van der Waals surface area contributed by atoms with Crippen molar-refractivity contribution in [3.8, 4) is 0 Å². The van der Waals surface area contributed by atoms with Gasteiger partial charge in [-0.3, -0.25) is 0 Å². The van der Waals surface area contributed by atoms with E-state index in [0.29, 0.717) is 0 Å². The van der Waals surface area contributed by atoms with Crippen LogP contribution in [-0.4, -0.2) is 12.0 Å². The molecular formula is C15H15F2N3. The number of fused-ring (bicyclic) bond motifs is 1. The maximum atomic E-state index is 13.7. The molecule has 0 bridgehead atoms. The van der Waals surface area contributed by atoms with Crippen LogP contribution in [0.5, 0.6) is 0 Å². The van der Waals surface area contributed by atoms with Crippen LogP contribution in [0, 0.1) is 11.6 Å². The third-order valence-corrected chi connectivity index (χ3v) is 3.53. The number of halogens is 2. The van der Waals surface area contributed by atoms with Gasteiger partial charge in [0, 0.05) is 18.8 Å². The first-order valence-electron chi connectivity index (χ1n) is 6.60. The number of benzene rings is 1. The second-order valence-corrected chi connectivity index (χ2v) is 4.86. The normalized spacial score (nSPS) is 13.2. The van der Waals surface area contributed by atoms with E-state index in [2.05, 4.69) is 15.6 Å². The lowest BCUT2D eigenvalue weighted by atomic mass is 10.1. The van der Waals surface area contributed by atoms with Crippen LogP contribution in [0.2, 0.25) is 0 Å². The van der Waals surface area contributed by atoms with Crippen molar-refractivity contribution in [2.24, 2.45) is 0 Å². The van der Waals surface area contributed by atoms with Crippen LogP contribution in [0.4, 0.5) is 26.1 Å². The molecular weight excluding hydrogens is 260 g/mol. The van der Waals surface area contributed by atoms with E-state index in [-0.39, 0.29) is 11.6 Å². The highest BCUT2D eigenvalue weighted by Gasteiger charge is 2.14. The Hall–Kier alpha value is -2.17. The van der Waals surface area contributed by atoms with Gasteiger partial charge >= 0.3 is 0 Å². The Bertz CT molecular complexity index is 656. The minimum Gasteiger partial charge on any atom is -0.371 e. The van der Waals surface area contributed by atoms with Crippen LogP contribution >= 0.6 is 0 Å². The number of rotatable bonds is 3. The molecule has 2 N–H and O–H groups in total. The fourth-order valence-corrected chi connectivity index (χ4v) is 2.52. The van der Waals surface area contributed by atoms with Crippen molar-refractivity contribution in [2.75, 3.05) is 17.7 Å². The Balaban J connectivity index is 1.91. The van der Waals surface area contributed by atoms with E-state index in [4.69, 9.17) is 0 Å². The molecule has 0 fully saturated rings. The van der Waals surface area contributed by atoms with Gasteiger partial charge in [-0.15, -0.1) is 0 Å². The summed E-state index contributed by atoms with van der Waals surface area (Å²) >= 11 is 0. The van der Waals surface area contributed by atoms with Gasteiger partial charge in [0.25, 0.3) is 0 Å². The fourth-order valence-electron chi connectivity index (χ4n) is 2.52. The molecule has 1 aromatic carbocycles. The van der Waals surface area contributed by atoms with Crippen molar-refractivity contribution >= 4 is 17.3 Å². The predicted molar refractivity (Wildman–Crippen MR) is 75.4 cm³/mol. The first kappa shape index (κ1) is 12.8. The molecule has 5 heteroatoms. The summed E-state index contributed by atoms with van der Waals surface area (Å²) in [7, 11) is 1.54. The van der Waals surface area contributed by atoms with Gasteiger partial charge in [0.1, 0.15) is 0 Å². The molecule has 1 aromatic heterocycles. The highest BCUT2D eigenvalue weighted by atomic mass is 19.1. The summed E-state index contributed by atoms with van der Waals surface area (Å²) in [6.07, 6.45) is 3.31. The zero-order chi connectivity index (χ0) is 14.1.